The minimum atomic E-state index is -0.384. The van der Waals surface area contributed by atoms with E-state index < -0.39 is 0 Å². The monoisotopic (exact) mass is 297 g/mol. The first kappa shape index (κ1) is 13.8. The number of thioether (sulfide) groups is 1. The molecule has 0 unspecified atom stereocenters. The third-order valence-electron chi connectivity index (χ3n) is 2.36. The van der Waals surface area contributed by atoms with Gasteiger partial charge >= 0.3 is 0 Å². The van der Waals surface area contributed by atoms with Gasteiger partial charge in [0.15, 0.2) is 10.9 Å². The molecule has 2 heterocycles. The molecule has 2 aromatic heterocycles. The van der Waals surface area contributed by atoms with E-state index in [0.717, 1.165) is 5.69 Å². The number of amides is 1. The Balaban J connectivity index is 2.27. The highest BCUT2D eigenvalue weighted by Crippen LogP contribution is 2.18. The van der Waals surface area contributed by atoms with Crippen molar-refractivity contribution >= 4 is 35.1 Å². The van der Waals surface area contributed by atoms with Crippen molar-refractivity contribution in [3.05, 3.63) is 28.7 Å². The van der Waals surface area contributed by atoms with Gasteiger partial charge in [-0.25, -0.2) is 9.97 Å². The Kier molecular flexibility index (Phi) is 4.06. The number of rotatable bonds is 3. The fourth-order valence-corrected chi connectivity index (χ4v) is 2.03. The maximum absolute atomic E-state index is 12.1. The number of nitrogens with zero attached hydrogens (tertiary/aromatic N) is 4. The smallest absolute Gasteiger partial charge is 0.277 e. The van der Waals surface area contributed by atoms with Crippen LogP contribution in [-0.4, -0.2) is 31.9 Å². The Bertz CT molecular complexity index is 628. The second kappa shape index (κ2) is 5.58. The molecule has 0 aromatic carbocycles. The van der Waals surface area contributed by atoms with Crippen molar-refractivity contribution in [3.63, 3.8) is 0 Å². The number of halogens is 1. The molecule has 1 amide bonds. The third-order valence-corrected chi connectivity index (χ3v) is 3.20. The summed E-state index contributed by atoms with van der Waals surface area (Å²) in [5.41, 5.74) is 0.969. The molecule has 0 fully saturated rings. The van der Waals surface area contributed by atoms with Crippen LogP contribution in [0, 0.1) is 6.92 Å². The van der Waals surface area contributed by atoms with Crippen molar-refractivity contribution < 1.29 is 4.79 Å². The summed E-state index contributed by atoms with van der Waals surface area (Å²) in [5, 5.41) is 7.58. The quantitative estimate of drug-likeness (QED) is 0.694. The van der Waals surface area contributed by atoms with Gasteiger partial charge in [0.05, 0.1) is 16.9 Å². The van der Waals surface area contributed by atoms with E-state index in [-0.39, 0.29) is 16.6 Å². The Morgan fingerprint density at radius 1 is 1.53 bits per heavy atom. The highest BCUT2D eigenvalue weighted by molar-refractivity contribution is 7.98. The van der Waals surface area contributed by atoms with Gasteiger partial charge in [-0.1, -0.05) is 23.4 Å². The molecule has 8 heteroatoms. The summed E-state index contributed by atoms with van der Waals surface area (Å²) in [6, 6.07) is 1.77. The molecule has 2 aromatic rings. The number of carbonyl (C=O) groups is 1. The van der Waals surface area contributed by atoms with Gasteiger partial charge in [0.1, 0.15) is 5.82 Å². The van der Waals surface area contributed by atoms with Crippen molar-refractivity contribution in [3.8, 4) is 0 Å². The summed E-state index contributed by atoms with van der Waals surface area (Å²) >= 11 is 7.29. The minimum Gasteiger partial charge on any atom is -0.305 e. The molecule has 0 radical (unpaired) electrons. The molecule has 0 atom stereocenters. The maximum atomic E-state index is 12.1. The van der Waals surface area contributed by atoms with Crippen LogP contribution in [0.2, 0.25) is 5.02 Å². The van der Waals surface area contributed by atoms with Crippen molar-refractivity contribution in [2.24, 2.45) is 7.05 Å². The lowest BCUT2D eigenvalue weighted by Crippen LogP contribution is -2.17. The molecule has 0 saturated heterocycles. The summed E-state index contributed by atoms with van der Waals surface area (Å²) in [7, 11) is 1.75. The molecule has 1 N–H and O–H groups in total. The molecule has 0 bridgehead atoms. The third kappa shape index (κ3) is 3.05. The average Bonchev–Trinajstić information content (AvgIpc) is 2.68. The van der Waals surface area contributed by atoms with Crippen molar-refractivity contribution in [1.29, 1.82) is 0 Å². The van der Waals surface area contributed by atoms with E-state index in [9.17, 15) is 4.79 Å². The summed E-state index contributed by atoms with van der Waals surface area (Å²) < 4.78 is 1.58. The van der Waals surface area contributed by atoms with Gasteiger partial charge in [0.2, 0.25) is 0 Å². The van der Waals surface area contributed by atoms with Crippen LogP contribution in [0.3, 0.4) is 0 Å². The zero-order chi connectivity index (χ0) is 14.0. The fraction of sp³-hybridized carbons (Fsp3) is 0.273. The summed E-state index contributed by atoms with van der Waals surface area (Å²) in [6.45, 7) is 1.85. The van der Waals surface area contributed by atoms with Crippen LogP contribution in [0.25, 0.3) is 0 Å². The lowest BCUT2D eigenvalue weighted by atomic mass is 10.3. The molecule has 0 aliphatic carbocycles. The van der Waals surface area contributed by atoms with E-state index in [2.05, 4.69) is 20.4 Å². The SMILES string of the molecule is CSc1ncc(Cl)c(C(=O)Nc2cc(C)nn2C)n1. The molecule has 100 valence electrons. The van der Waals surface area contributed by atoms with Crippen LogP contribution >= 0.6 is 23.4 Å². The Hall–Kier alpha value is -1.60. The van der Waals surface area contributed by atoms with E-state index in [1.807, 2.05) is 13.2 Å². The first-order chi connectivity index (χ1) is 9.01. The van der Waals surface area contributed by atoms with Gasteiger partial charge in [-0.2, -0.15) is 5.10 Å². The molecule has 2 rings (SSSR count). The lowest BCUT2D eigenvalue weighted by Gasteiger charge is -2.06. The zero-order valence-corrected chi connectivity index (χ0v) is 12.2. The van der Waals surface area contributed by atoms with Gasteiger partial charge in [-0.05, 0) is 13.2 Å². The van der Waals surface area contributed by atoms with Crippen LogP contribution in [-0.2, 0) is 7.05 Å². The number of hydrogen-bond acceptors (Lipinski definition) is 5. The summed E-state index contributed by atoms with van der Waals surface area (Å²) in [4.78, 5) is 20.2. The van der Waals surface area contributed by atoms with E-state index in [4.69, 9.17) is 11.6 Å². The van der Waals surface area contributed by atoms with E-state index in [0.29, 0.717) is 11.0 Å². The second-order valence-electron chi connectivity index (χ2n) is 3.80. The van der Waals surface area contributed by atoms with E-state index in [1.54, 1.807) is 17.8 Å². The number of aryl methyl sites for hydroxylation is 2. The molecule has 0 spiro atoms. The van der Waals surface area contributed by atoms with Crippen LogP contribution in [0.4, 0.5) is 5.82 Å². The van der Waals surface area contributed by atoms with Gasteiger partial charge in [0.25, 0.3) is 5.91 Å². The Morgan fingerprint density at radius 3 is 2.84 bits per heavy atom. The predicted molar refractivity (Wildman–Crippen MR) is 74.7 cm³/mol. The van der Waals surface area contributed by atoms with Crippen molar-refractivity contribution in [2.45, 2.75) is 12.1 Å². The molecular formula is C11H12ClN5OS. The van der Waals surface area contributed by atoms with Crippen LogP contribution in [0.5, 0.6) is 0 Å². The highest BCUT2D eigenvalue weighted by Gasteiger charge is 2.15. The number of anilines is 1. The molecule has 0 saturated carbocycles. The zero-order valence-electron chi connectivity index (χ0n) is 10.6. The fourth-order valence-electron chi connectivity index (χ4n) is 1.51. The molecule has 0 aliphatic rings. The molecule has 6 nitrogen and oxygen atoms in total. The van der Waals surface area contributed by atoms with E-state index in [1.165, 1.54) is 18.0 Å². The van der Waals surface area contributed by atoms with Gasteiger partial charge in [0, 0.05) is 13.1 Å². The minimum absolute atomic E-state index is 0.153. The van der Waals surface area contributed by atoms with Crippen molar-refractivity contribution in [1.82, 2.24) is 19.7 Å². The largest absolute Gasteiger partial charge is 0.305 e. The number of carbonyl (C=O) groups excluding carboxylic acids is 1. The van der Waals surface area contributed by atoms with Crippen LogP contribution in [0.1, 0.15) is 16.2 Å². The predicted octanol–water partition coefficient (Wildman–Crippen LogP) is 2.15. The first-order valence-electron chi connectivity index (χ1n) is 5.39. The Morgan fingerprint density at radius 2 is 2.26 bits per heavy atom. The van der Waals surface area contributed by atoms with E-state index >= 15 is 0 Å². The number of nitrogens with one attached hydrogen (secondary N) is 1. The Labute approximate surface area is 119 Å². The van der Waals surface area contributed by atoms with Crippen molar-refractivity contribution in [2.75, 3.05) is 11.6 Å². The second-order valence-corrected chi connectivity index (χ2v) is 4.98. The molecular weight excluding hydrogens is 286 g/mol. The van der Waals surface area contributed by atoms with Gasteiger partial charge in [-0.15, -0.1) is 0 Å². The highest BCUT2D eigenvalue weighted by atomic mass is 35.5. The average molecular weight is 298 g/mol. The normalized spacial score (nSPS) is 10.5. The molecule has 19 heavy (non-hydrogen) atoms. The number of hydrogen-bond donors (Lipinski definition) is 1. The molecule has 0 aliphatic heterocycles. The van der Waals surface area contributed by atoms with Gasteiger partial charge in [-0.3, -0.25) is 9.48 Å². The summed E-state index contributed by atoms with van der Waals surface area (Å²) in [6.07, 6.45) is 3.25. The van der Waals surface area contributed by atoms with Crippen LogP contribution in [0.15, 0.2) is 17.4 Å². The summed E-state index contributed by atoms with van der Waals surface area (Å²) in [5.74, 6) is 0.202. The first-order valence-corrected chi connectivity index (χ1v) is 7.00. The topological polar surface area (TPSA) is 72.7 Å². The maximum Gasteiger partial charge on any atom is 0.277 e. The standard InChI is InChI=1S/C11H12ClN5OS/c1-6-4-8(17(2)16-6)14-10(18)9-7(12)5-13-11(15-9)19-3/h4-5H,1-3H3,(H,14,18). The van der Waals surface area contributed by atoms with Crippen LogP contribution < -0.4 is 5.32 Å². The van der Waals surface area contributed by atoms with Gasteiger partial charge < -0.3 is 5.32 Å². The number of aromatic nitrogens is 4. The lowest BCUT2D eigenvalue weighted by molar-refractivity contribution is 0.102.